The molecule has 0 saturated carbocycles. The van der Waals surface area contributed by atoms with E-state index in [0.717, 1.165) is 0 Å². The molecule has 0 aliphatic heterocycles. The quantitative estimate of drug-likeness (QED) is 0.429. The van der Waals surface area contributed by atoms with E-state index < -0.39 is 0 Å². The summed E-state index contributed by atoms with van der Waals surface area (Å²) in [6, 6.07) is 0. The van der Waals surface area contributed by atoms with Crippen molar-refractivity contribution in [3.8, 4) is 0 Å². The second kappa shape index (κ2) is 7.04. The standard InChI is InChI=1S/C6H7.2ClH.Hf/c1-6-4-2-3-5-6;;;/h2-4H,1,5H2;2*1H;/q;;;+2/p-2. The van der Waals surface area contributed by atoms with Crippen molar-refractivity contribution in [1.29, 1.82) is 0 Å². The van der Waals surface area contributed by atoms with E-state index in [4.69, 9.17) is 0 Å². The van der Waals surface area contributed by atoms with Gasteiger partial charge in [0.05, 0.1) is 0 Å². The zero-order chi connectivity index (χ0) is 5.11. The van der Waals surface area contributed by atoms with Crippen molar-refractivity contribution in [3.63, 3.8) is 0 Å². The van der Waals surface area contributed by atoms with Crippen LogP contribution in [0.5, 0.6) is 0 Å². The zero-order valence-corrected chi connectivity index (χ0v) is 10.0. The van der Waals surface area contributed by atoms with Crippen LogP contribution in [0.2, 0.25) is 4.18 Å². The topological polar surface area (TPSA) is 0 Å². The van der Waals surface area contributed by atoms with Crippen LogP contribution >= 0.6 is 0 Å². The van der Waals surface area contributed by atoms with E-state index in [1.54, 1.807) is 5.57 Å². The summed E-state index contributed by atoms with van der Waals surface area (Å²) in [4.78, 5) is 0. The molecule has 0 nitrogen and oxygen atoms in total. The van der Waals surface area contributed by atoms with Gasteiger partial charge in [-0.3, -0.25) is 0 Å². The van der Waals surface area contributed by atoms with E-state index in [0.29, 0.717) is 0 Å². The average Bonchev–Trinajstić information content (AvgIpc) is 2.14. The van der Waals surface area contributed by atoms with Gasteiger partial charge in [-0.2, -0.15) is 0 Å². The Morgan fingerprint density at radius 2 is 2.11 bits per heavy atom. The molecule has 0 spiro atoms. The fourth-order valence-electron chi connectivity index (χ4n) is 0.623. The number of rotatable bonds is 1. The van der Waals surface area contributed by atoms with E-state index >= 15 is 0 Å². The molecule has 0 heterocycles. The summed E-state index contributed by atoms with van der Waals surface area (Å²) in [7, 11) is 0. The van der Waals surface area contributed by atoms with E-state index in [9.17, 15) is 0 Å². The van der Waals surface area contributed by atoms with Crippen molar-refractivity contribution in [2.45, 2.75) is 10.6 Å². The first-order valence-electron chi connectivity index (χ1n) is 2.42. The molecule has 0 radical (unpaired) electrons. The van der Waals surface area contributed by atoms with Crippen molar-refractivity contribution >= 4 is 0 Å². The van der Waals surface area contributed by atoms with Gasteiger partial charge in [-0.1, -0.05) is 0 Å². The molecule has 0 fully saturated rings. The Morgan fingerprint density at radius 1 is 1.44 bits per heavy atom. The van der Waals surface area contributed by atoms with Crippen LogP contribution < -0.4 is 24.8 Å². The molecule has 49 valence electrons. The first-order chi connectivity index (χ1) is 3.43. The molecule has 9 heavy (non-hydrogen) atoms. The van der Waals surface area contributed by atoms with E-state index in [2.05, 4.69) is 18.2 Å². The zero-order valence-electron chi connectivity index (χ0n) is 4.90. The fourth-order valence-corrected chi connectivity index (χ4v) is 1.56. The van der Waals surface area contributed by atoms with E-state index in [1.807, 2.05) is 0 Å². The van der Waals surface area contributed by atoms with Gasteiger partial charge in [0, 0.05) is 0 Å². The summed E-state index contributed by atoms with van der Waals surface area (Å²) in [5.41, 5.74) is 1.62. The van der Waals surface area contributed by atoms with Crippen molar-refractivity contribution in [2.75, 3.05) is 0 Å². The van der Waals surface area contributed by atoms with Crippen LogP contribution in [0.25, 0.3) is 0 Å². The van der Waals surface area contributed by atoms with Crippen LogP contribution in [0.3, 0.4) is 0 Å². The van der Waals surface area contributed by atoms with Crippen LogP contribution in [-0.4, -0.2) is 0 Å². The van der Waals surface area contributed by atoms with Crippen molar-refractivity contribution in [1.82, 2.24) is 0 Å². The third-order valence-corrected chi connectivity index (χ3v) is 2.71. The molecule has 1 aliphatic carbocycles. The molecular formula is C6H7Cl2Hf. The molecule has 0 amide bonds. The fraction of sp³-hybridized carbons (Fsp3) is 0.333. The maximum absolute atomic E-state index is 2.23. The van der Waals surface area contributed by atoms with Crippen LogP contribution in [-0.2, 0) is 24.4 Å². The van der Waals surface area contributed by atoms with Crippen LogP contribution in [0.1, 0.15) is 6.42 Å². The summed E-state index contributed by atoms with van der Waals surface area (Å²) in [5.74, 6) is 0. The number of hydrogen-bond acceptors (Lipinski definition) is 0. The molecule has 0 saturated heterocycles. The molecule has 0 atom stereocenters. The first-order valence-corrected chi connectivity index (χ1v) is 4.96. The van der Waals surface area contributed by atoms with Gasteiger partial charge in [0.2, 0.25) is 0 Å². The van der Waals surface area contributed by atoms with Gasteiger partial charge >= 0.3 is 58.8 Å². The van der Waals surface area contributed by atoms with Crippen LogP contribution in [0.15, 0.2) is 23.8 Å². The Morgan fingerprint density at radius 3 is 2.33 bits per heavy atom. The van der Waals surface area contributed by atoms with Crippen LogP contribution in [0.4, 0.5) is 0 Å². The molecular weight excluding hydrogens is 321 g/mol. The average molecular weight is 329 g/mol. The Labute approximate surface area is 83.2 Å². The molecule has 0 aromatic heterocycles. The van der Waals surface area contributed by atoms with Gasteiger partial charge in [-0.25, -0.2) is 0 Å². The van der Waals surface area contributed by atoms with Gasteiger partial charge in [-0.05, 0) is 0 Å². The second-order valence-corrected chi connectivity index (χ2v) is 2.90. The predicted molar refractivity (Wildman–Crippen MR) is 26.6 cm³/mol. The van der Waals surface area contributed by atoms with E-state index in [1.165, 1.54) is 35.0 Å². The predicted octanol–water partition coefficient (Wildman–Crippen LogP) is -4.15. The minimum absolute atomic E-state index is 0. The van der Waals surface area contributed by atoms with Crippen molar-refractivity contribution < 1.29 is 49.2 Å². The third-order valence-electron chi connectivity index (χ3n) is 1.08. The molecule has 0 aromatic carbocycles. The Bertz CT molecular complexity index is 118. The molecule has 1 rings (SSSR count). The molecule has 3 heteroatoms. The summed E-state index contributed by atoms with van der Waals surface area (Å²) in [6.45, 7) is 0. The Balaban J connectivity index is 0. The maximum atomic E-state index is 2.23. The normalized spacial score (nSPS) is 13.8. The first kappa shape index (κ1) is 12.6. The van der Waals surface area contributed by atoms with Crippen LogP contribution in [0, 0.1) is 0 Å². The van der Waals surface area contributed by atoms with Gasteiger partial charge in [0.25, 0.3) is 0 Å². The molecule has 0 bridgehead atoms. The van der Waals surface area contributed by atoms with Gasteiger partial charge in [0.1, 0.15) is 0 Å². The number of hydrogen-bond donors (Lipinski definition) is 0. The molecule has 0 N–H and O–H groups in total. The third kappa shape index (κ3) is 4.35. The van der Waals surface area contributed by atoms with E-state index in [-0.39, 0.29) is 24.8 Å². The summed E-state index contributed by atoms with van der Waals surface area (Å²) in [6.07, 6.45) is 7.82. The Hall–Kier alpha value is 0.930. The van der Waals surface area contributed by atoms with Gasteiger partial charge < -0.3 is 24.8 Å². The molecule has 1 aliphatic rings. The van der Waals surface area contributed by atoms with Gasteiger partial charge in [-0.15, -0.1) is 0 Å². The summed E-state index contributed by atoms with van der Waals surface area (Å²) in [5, 5.41) is 0. The summed E-state index contributed by atoms with van der Waals surface area (Å²) < 4.78 is 1.35. The summed E-state index contributed by atoms with van der Waals surface area (Å²) >= 11 is 1.32. The monoisotopic (exact) mass is 329 g/mol. The minimum atomic E-state index is 0. The Kier molecular flexibility index (Phi) is 9.85. The van der Waals surface area contributed by atoms with Gasteiger partial charge in [0.15, 0.2) is 0 Å². The molecule has 0 unspecified atom stereocenters. The number of allylic oxidation sites excluding steroid dienone is 4. The number of halogens is 2. The van der Waals surface area contributed by atoms with Crippen molar-refractivity contribution in [2.24, 2.45) is 0 Å². The SMILES string of the molecule is [Cl-].[Cl-].[Hf+2][CH2]C1=CC=CC1. The van der Waals surface area contributed by atoms with Crippen molar-refractivity contribution in [3.05, 3.63) is 23.8 Å². The second-order valence-electron chi connectivity index (χ2n) is 1.63. The molecule has 0 aromatic rings.